The van der Waals surface area contributed by atoms with Crippen LogP contribution in [0.5, 0.6) is 0 Å². The molecule has 166 valence electrons. The number of pyridine rings is 1. The molecule has 2 unspecified atom stereocenters. The number of aliphatic hydroxyl groups is 1. The highest BCUT2D eigenvalue weighted by atomic mass is 19.4. The molecule has 5 N–H and O–H groups in total. The van der Waals surface area contributed by atoms with Crippen molar-refractivity contribution in [3.8, 4) is 0 Å². The van der Waals surface area contributed by atoms with Gasteiger partial charge in [0.05, 0.1) is 22.5 Å². The Balaban J connectivity index is 1.73. The number of amides is 2. The molecule has 0 bridgehead atoms. The van der Waals surface area contributed by atoms with Gasteiger partial charge in [-0.2, -0.15) is 18.3 Å². The molecule has 0 spiro atoms. The first kappa shape index (κ1) is 22.3. The van der Waals surface area contributed by atoms with Crippen molar-refractivity contribution in [2.24, 2.45) is 0 Å². The number of rotatable bonds is 6. The van der Waals surface area contributed by atoms with Gasteiger partial charge >= 0.3 is 12.2 Å². The predicted molar refractivity (Wildman–Crippen MR) is 111 cm³/mol. The van der Waals surface area contributed by atoms with Crippen LogP contribution in [0.2, 0.25) is 0 Å². The lowest BCUT2D eigenvalue weighted by molar-refractivity contribution is -0.138. The molecule has 31 heavy (non-hydrogen) atoms. The molecule has 1 aromatic carbocycles. The molecule has 0 radical (unpaired) electrons. The summed E-state index contributed by atoms with van der Waals surface area (Å²) >= 11 is 0. The molecular formula is C20H23F3N6O2. The summed E-state index contributed by atoms with van der Waals surface area (Å²) in [6.07, 6.45) is -3.11. The molecule has 0 aliphatic rings. The van der Waals surface area contributed by atoms with E-state index in [1.165, 1.54) is 12.3 Å². The van der Waals surface area contributed by atoms with Crippen molar-refractivity contribution in [2.75, 3.05) is 10.6 Å². The zero-order valence-electron chi connectivity index (χ0n) is 17.1. The zero-order chi connectivity index (χ0) is 22.8. The van der Waals surface area contributed by atoms with E-state index in [-0.39, 0.29) is 11.6 Å². The van der Waals surface area contributed by atoms with Gasteiger partial charge in [-0.25, -0.2) is 9.78 Å². The van der Waals surface area contributed by atoms with Gasteiger partial charge in [0.25, 0.3) is 0 Å². The van der Waals surface area contributed by atoms with Crippen LogP contribution >= 0.6 is 0 Å². The molecule has 11 heteroatoms. The highest BCUT2D eigenvalue weighted by Gasteiger charge is 2.36. The number of fused-ring (bicyclic) bond motifs is 1. The summed E-state index contributed by atoms with van der Waals surface area (Å²) in [5, 5.41) is 24.8. The van der Waals surface area contributed by atoms with Gasteiger partial charge in [0.1, 0.15) is 11.9 Å². The molecule has 8 nitrogen and oxygen atoms in total. The number of benzene rings is 1. The summed E-state index contributed by atoms with van der Waals surface area (Å²) in [5.41, 5.74) is -0.129. The Morgan fingerprint density at radius 2 is 1.87 bits per heavy atom. The molecular weight excluding hydrogens is 413 g/mol. The quantitative estimate of drug-likeness (QED) is 0.401. The van der Waals surface area contributed by atoms with Gasteiger partial charge < -0.3 is 15.7 Å². The lowest BCUT2D eigenvalue weighted by Gasteiger charge is -2.30. The van der Waals surface area contributed by atoms with E-state index >= 15 is 0 Å². The number of anilines is 2. The van der Waals surface area contributed by atoms with E-state index < -0.39 is 29.9 Å². The number of alkyl halides is 3. The van der Waals surface area contributed by atoms with Crippen LogP contribution < -0.4 is 16.0 Å². The molecule has 0 fully saturated rings. The predicted octanol–water partition coefficient (Wildman–Crippen LogP) is 3.95. The van der Waals surface area contributed by atoms with Crippen molar-refractivity contribution in [1.82, 2.24) is 20.5 Å². The summed E-state index contributed by atoms with van der Waals surface area (Å²) in [6.45, 7) is 4.15. The Bertz CT molecular complexity index is 1050. The Kier molecular flexibility index (Phi) is 6.07. The Hall–Kier alpha value is -3.34. The number of hydrogen-bond acceptors (Lipinski definition) is 5. The summed E-state index contributed by atoms with van der Waals surface area (Å²) in [7, 11) is 0. The van der Waals surface area contributed by atoms with Crippen LogP contribution in [0.15, 0.2) is 42.6 Å². The first-order chi connectivity index (χ1) is 14.4. The summed E-state index contributed by atoms with van der Waals surface area (Å²) in [4.78, 5) is 16.6. The molecule has 2 aromatic heterocycles. The van der Waals surface area contributed by atoms with E-state index in [2.05, 4.69) is 31.1 Å². The summed E-state index contributed by atoms with van der Waals surface area (Å²) in [6, 6.07) is 7.36. The molecule has 2 amide bonds. The number of aromatic amines is 1. The second-order valence-corrected chi connectivity index (χ2v) is 7.69. The van der Waals surface area contributed by atoms with Gasteiger partial charge in [0, 0.05) is 12.3 Å². The molecule has 0 aliphatic heterocycles. The first-order valence-electron chi connectivity index (χ1n) is 9.47. The second-order valence-electron chi connectivity index (χ2n) is 7.69. The highest BCUT2D eigenvalue weighted by molar-refractivity contribution is 5.94. The SMILES string of the molecule is CC(Nc1n[nH]c2cc(NC(=O)NC(c3ccccc3)C(C)(C)O)ncc12)C(F)(F)F. The summed E-state index contributed by atoms with van der Waals surface area (Å²) in [5.74, 6) is 0.168. The van der Waals surface area contributed by atoms with E-state index in [4.69, 9.17) is 0 Å². The zero-order valence-corrected chi connectivity index (χ0v) is 17.1. The number of urea groups is 1. The maximum atomic E-state index is 12.8. The van der Waals surface area contributed by atoms with Gasteiger partial charge in [0.15, 0.2) is 5.82 Å². The lowest BCUT2D eigenvalue weighted by atomic mass is 9.92. The molecule has 2 heterocycles. The average Bonchev–Trinajstić information content (AvgIpc) is 3.07. The highest BCUT2D eigenvalue weighted by Crippen LogP contribution is 2.28. The van der Waals surface area contributed by atoms with Crippen LogP contribution in [0, 0.1) is 0 Å². The molecule has 3 aromatic rings. The molecule has 0 saturated carbocycles. The Morgan fingerprint density at radius 3 is 2.48 bits per heavy atom. The van der Waals surface area contributed by atoms with Crippen molar-refractivity contribution in [1.29, 1.82) is 0 Å². The maximum Gasteiger partial charge on any atom is 0.408 e. The number of halogens is 3. The van der Waals surface area contributed by atoms with Crippen LogP contribution in [0.25, 0.3) is 10.9 Å². The minimum absolute atomic E-state index is 0.00879. The van der Waals surface area contributed by atoms with Crippen molar-refractivity contribution >= 4 is 28.6 Å². The number of hydrogen-bond donors (Lipinski definition) is 5. The average molecular weight is 436 g/mol. The van der Waals surface area contributed by atoms with Gasteiger partial charge in [0.2, 0.25) is 0 Å². The third-order valence-electron chi connectivity index (χ3n) is 4.65. The van der Waals surface area contributed by atoms with E-state index in [0.29, 0.717) is 10.9 Å². The first-order valence-corrected chi connectivity index (χ1v) is 9.47. The molecule has 0 aliphatic carbocycles. The van der Waals surface area contributed by atoms with Crippen LogP contribution in [-0.4, -0.2) is 44.1 Å². The number of aromatic nitrogens is 3. The number of nitrogens with zero attached hydrogens (tertiary/aromatic N) is 2. The van der Waals surface area contributed by atoms with Crippen LogP contribution in [0.1, 0.15) is 32.4 Å². The third-order valence-corrected chi connectivity index (χ3v) is 4.65. The fourth-order valence-corrected chi connectivity index (χ4v) is 2.98. The van der Waals surface area contributed by atoms with Crippen molar-refractivity contribution in [3.63, 3.8) is 0 Å². The maximum absolute atomic E-state index is 12.8. The van der Waals surface area contributed by atoms with Gasteiger partial charge in [-0.1, -0.05) is 30.3 Å². The fourth-order valence-electron chi connectivity index (χ4n) is 2.98. The number of carbonyl (C=O) groups excluding carboxylic acids is 1. The third kappa shape index (κ3) is 5.43. The number of H-pyrrole nitrogens is 1. The van der Waals surface area contributed by atoms with Crippen molar-refractivity contribution < 1.29 is 23.1 Å². The van der Waals surface area contributed by atoms with Crippen LogP contribution in [0.4, 0.5) is 29.6 Å². The van der Waals surface area contributed by atoms with E-state index in [0.717, 1.165) is 12.5 Å². The number of nitrogens with one attached hydrogen (secondary N) is 4. The topological polar surface area (TPSA) is 115 Å². The fraction of sp³-hybridized carbons (Fsp3) is 0.350. The van der Waals surface area contributed by atoms with E-state index in [9.17, 15) is 23.1 Å². The monoisotopic (exact) mass is 436 g/mol. The smallest absolute Gasteiger partial charge is 0.388 e. The van der Waals surface area contributed by atoms with Crippen LogP contribution in [-0.2, 0) is 0 Å². The standard InChI is InChI=1S/C20H23F3N6O2/c1-11(20(21,22)23)25-17-13-10-24-15(9-14(13)28-29-17)26-18(30)27-16(19(2,3)31)12-7-5-4-6-8-12/h4-11,16,31H,1-3H3,(H2,25,28,29)(H2,24,26,27,30). The summed E-state index contributed by atoms with van der Waals surface area (Å²) < 4.78 is 38.3. The van der Waals surface area contributed by atoms with E-state index in [1.807, 2.05) is 6.07 Å². The second kappa shape index (κ2) is 8.42. The van der Waals surface area contributed by atoms with Crippen molar-refractivity contribution in [2.45, 2.75) is 44.6 Å². The Labute approximate surface area is 176 Å². The minimum atomic E-state index is -4.42. The largest absolute Gasteiger partial charge is 0.408 e. The normalized spacial score (nSPS) is 14.2. The van der Waals surface area contributed by atoms with Gasteiger partial charge in [-0.05, 0) is 26.3 Å². The molecule has 2 atom stereocenters. The van der Waals surface area contributed by atoms with E-state index in [1.54, 1.807) is 38.1 Å². The number of carbonyl (C=O) groups is 1. The lowest BCUT2D eigenvalue weighted by Crippen LogP contribution is -2.43. The molecule has 0 saturated heterocycles. The van der Waals surface area contributed by atoms with Crippen molar-refractivity contribution in [3.05, 3.63) is 48.2 Å². The van der Waals surface area contributed by atoms with Gasteiger partial charge in [-0.15, -0.1) is 0 Å². The van der Waals surface area contributed by atoms with Gasteiger partial charge in [-0.3, -0.25) is 10.4 Å². The van der Waals surface area contributed by atoms with Crippen LogP contribution in [0.3, 0.4) is 0 Å². The molecule has 3 rings (SSSR count). The Morgan fingerprint density at radius 1 is 1.19 bits per heavy atom. The minimum Gasteiger partial charge on any atom is -0.388 e.